The lowest BCUT2D eigenvalue weighted by Crippen LogP contribution is -2.47. The zero-order valence-electron chi connectivity index (χ0n) is 25.2. The van der Waals surface area contributed by atoms with Crippen LogP contribution in [0.2, 0.25) is 0 Å². The van der Waals surface area contributed by atoms with E-state index in [2.05, 4.69) is 15.2 Å². The molecule has 4 aliphatic rings. The zero-order chi connectivity index (χ0) is 31.1. The van der Waals surface area contributed by atoms with Gasteiger partial charge in [0.05, 0.1) is 57.5 Å². The van der Waals surface area contributed by atoms with Crippen LogP contribution in [0.25, 0.3) is 0 Å². The Morgan fingerprint density at radius 1 is 0.956 bits per heavy atom. The number of aromatic nitrogens is 1. The maximum absolute atomic E-state index is 13.1. The van der Waals surface area contributed by atoms with Crippen LogP contribution in [0.4, 0.5) is 5.69 Å². The van der Waals surface area contributed by atoms with E-state index in [-0.39, 0.29) is 24.7 Å². The monoisotopic (exact) mass is 641 g/mol. The van der Waals surface area contributed by atoms with Crippen molar-refractivity contribution in [2.45, 2.75) is 12.8 Å². The first kappa shape index (κ1) is 31.4. The maximum Gasteiger partial charge on any atom is 0.259 e. The van der Waals surface area contributed by atoms with Crippen molar-refractivity contribution in [2.24, 2.45) is 9.98 Å². The van der Waals surface area contributed by atoms with Crippen molar-refractivity contribution in [3.63, 3.8) is 0 Å². The van der Waals surface area contributed by atoms with E-state index in [1.54, 1.807) is 18.3 Å². The number of pyridine rings is 1. The van der Waals surface area contributed by atoms with Gasteiger partial charge in [0, 0.05) is 57.2 Å². The third-order valence-electron chi connectivity index (χ3n) is 7.94. The van der Waals surface area contributed by atoms with Crippen molar-refractivity contribution in [3.8, 4) is 11.5 Å². The third kappa shape index (κ3) is 7.61. The first-order valence-corrected chi connectivity index (χ1v) is 17.0. The van der Waals surface area contributed by atoms with Gasteiger partial charge in [0.15, 0.2) is 11.5 Å². The highest BCUT2D eigenvalue weighted by atomic mass is 32.2. The number of carbonyl (C=O) groups is 1. The van der Waals surface area contributed by atoms with E-state index >= 15 is 0 Å². The van der Waals surface area contributed by atoms with Crippen molar-refractivity contribution in [3.05, 3.63) is 47.8 Å². The molecule has 4 aliphatic heterocycles. The van der Waals surface area contributed by atoms with Crippen LogP contribution >= 0.6 is 0 Å². The largest absolute Gasteiger partial charge is 0.490 e. The number of benzene rings is 1. The van der Waals surface area contributed by atoms with Gasteiger partial charge in [-0.1, -0.05) is 0 Å². The molecular formula is C30H39N7O7S. The minimum absolute atomic E-state index is 0.0477. The lowest BCUT2D eigenvalue weighted by molar-refractivity contribution is 0.0357. The van der Waals surface area contributed by atoms with Crippen molar-refractivity contribution < 1.29 is 32.2 Å². The Labute approximate surface area is 263 Å². The molecule has 0 unspecified atom stereocenters. The van der Waals surface area contributed by atoms with Gasteiger partial charge in [0.2, 0.25) is 16.0 Å². The summed E-state index contributed by atoms with van der Waals surface area (Å²) in [5, 5.41) is 2.92. The van der Waals surface area contributed by atoms with Crippen LogP contribution in [0.15, 0.2) is 46.6 Å². The highest BCUT2D eigenvalue weighted by Gasteiger charge is 2.34. The fourth-order valence-electron chi connectivity index (χ4n) is 5.58. The van der Waals surface area contributed by atoms with Crippen LogP contribution < -0.4 is 14.8 Å². The van der Waals surface area contributed by atoms with Crippen molar-refractivity contribution in [1.82, 2.24) is 24.4 Å². The van der Waals surface area contributed by atoms with Gasteiger partial charge in [-0.3, -0.25) is 29.9 Å². The van der Waals surface area contributed by atoms with Gasteiger partial charge >= 0.3 is 0 Å². The molecule has 0 atom stereocenters. The fraction of sp³-hybridized carbons (Fsp3) is 0.533. The smallest absolute Gasteiger partial charge is 0.259 e. The van der Waals surface area contributed by atoms with Crippen molar-refractivity contribution in [1.29, 1.82) is 0 Å². The van der Waals surface area contributed by atoms with Gasteiger partial charge in [-0.05, 0) is 37.1 Å². The predicted molar refractivity (Wildman–Crippen MR) is 167 cm³/mol. The number of sulfonamides is 1. The molecule has 1 aromatic carbocycles. The number of fused-ring (bicyclic) bond motifs is 3. The second-order valence-electron chi connectivity index (χ2n) is 11.0. The SMILES string of the molecule is O=C(NC1=Nc2c(ccc(OCCCN3CCOCC3)c2OCCCS(=O)(=O)N2CCOCC2)C2=NCCN12)c1cccnc1. The summed E-state index contributed by atoms with van der Waals surface area (Å²) in [6, 6.07) is 7.13. The zero-order valence-corrected chi connectivity index (χ0v) is 26.0. The molecule has 0 radical (unpaired) electrons. The van der Waals surface area contributed by atoms with Gasteiger partial charge in [0.25, 0.3) is 5.91 Å². The summed E-state index contributed by atoms with van der Waals surface area (Å²) in [5.74, 6) is 1.51. The van der Waals surface area contributed by atoms with E-state index in [1.165, 1.54) is 10.5 Å². The lowest BCUT2D eigenvalue weighted by atomic mass is 10.1. The first-order valence-electron chi connectivity index (χ1n) is 15.4. The summed E-state index contributed by atoms with van der Waals surface area (Å²) in [5.41, 5.74) is 1.64. The quantitative estimate of drug-likeness (QED) is 0.334. The Balaban J connectivity index is 1.22. The van der Waals surface area contributed by atoms with Crippen LogP contribution in [0, 0.1) is 0 Å². The topological polar surface area (TPSA) is 147 Å². The molecule has 2 aromatic rings. The molecule has 5 heterocycles. The van der Waals surface area contributed by atoms with Crippen LogP contribution in [0.3, 0.4) is 0 Å². The number of hydrogen-bond donors (Lipinski definition) is 1. The van der Waals surface area contributed by atoms with Gasteiger partial charge in [-0.2, -0.15) is 4.31 Å². The molecule has 2 saturated heterocycles. The number of guanidine groups is 1. The molecule has 0 bridgehead atoms. The van der Waals surface area contributed by atoms with Gasteiger partial charge in [0.1, 0.15) is 11.5 Å². The Kier molecular flexibility index (Phi) is 10.2. The Hall–Kier alpha value is -3.63. The molecule has 6 rings (SSSR count). The molecule has 45 heavy (non-hydrogen) atoms. The number of amidine groups is 1. The predicted octanol–water partition coefficient (Wildman–Crippen LogP) is 1.11. The van der Waals surface area contributed by atoms with Crippen molar-refractivity contribution in [2.75, 3.05) is 91.2 Å². The summed E-state index contributed by atoms with van der Waals surface area (Å²) < 4.78 is 50.5. The van der Waals surface area contributed by atoms with Crippen LogP contribution in [-0.2, 0) is 19.5 Å². The molecule has 14 nitrogen and oxygen atoms in total. The molecule has 1 aromatic heterocycles. The van der Waals surface area contributed by atoms with E-state index in [1.807, 2.05) is 17.0 Å². The fourth-order valence-corrected chi connectivity index (χ4v) is 7.02. The van der Waals surface area contributed by atoms with E-state index < -0.39 is 10.0 Å². The summed E-state index contributed by atoms with van der Waals surface area (Å²) in [6.45, 7) is 7.40. The highest BCUT2D eigenvalue weighted by molar-refractivity contribution is 7.89. The molecule has 2 fully saturated rings. The molecule has 1 amide bonds. The van der Waals surface area contributed by atoms with E-state index in [0.29, 0.717) is 80.5 Å². The normalized spacial score (nSPS) is 18.9. The molecule has 15 heteroatoms. The number of nitrogens with zero attached hydrogens (tertiary/aromatic N) is 6. The van der Waals surface area contributed by atoms with Crippen LogP contribution in [-0.4, -0.2) is 136 Å². The Morgan fingerprint density at radius 3 is 2.51 bits per heavy atom. The van der Waals surface area contributed by atoms with Crippen LogP contribution in [0.5, 0.6) is 11.5 Å². The molecule has 0 saturated carbocycles. The molecule has 1 N–H and O–H groups in total. The number of rotatable bonds is 12. The second-order valence-corrected chi connectivity index (χ2v) is 13.1. The summed E-state index contributed by atoms with van der Waals surface area (Å²) in [7, 11) is -3.43. The minimum Gasteiger partial charge on any atom is -0.490 e. The van der Waals surface area contributed by atoms with Gasteiger partial charge in [-0.25, -0.2) is 13.4 Å². The van der Waals surface area contributed by atoms with E-state index in [0.717, 1.165) is 44.8 Å². The lowest BCUT2D eigenvalue weighted by Gasteiger charge is -2.29. The number of hydrogen-bond acceptors (Lipinski definition) is 12. The number of carbonyl (C=O) groups excluding carboxylic acids is 1. The molecular weight excluding hydrogens is 602 g/mol. The number of nitrogens with one attached hydrogen (secondary N) is 1. The van der Waals surface area contributed by atoms with E-state index in [4.69, 9.17) is 28.9 Å². The third-order valence-corrected chi connectivity index (χ3v) is 9.89. The summed E-state index contributed by atoms with van der Waals surface area (Å²) in [4.78, 5) is 30.9. The van der Waals surface area contributed by atoms with Gasteiger partial charge < -0.3 is 18.9 Å². The number of amides is 1. The average Bonchev–Trinajstić information content (AvgIpc) is 3.58. The first-order chi connectivity index (χ1) is 22.0. The van der Waals surface area contributed by atoms with Gasteiger partial charge in [-0.15, -0.1) is 0 Å². The van der Waals surface area contributed by atoms with Crippen LogP contribution in [0.1, 0.15) is 28.8 Å². The molecule has 242 valence electrons. The molecule has 0 aliphatic carbocycles. The summed E-state index contributed by atoms with van der Waals surface area (Å²) >= 11 is 0. The highest BCUT2D eigenvalue weighted by Crippen LogP contribution is 2.43. The number of aliphatic imine (C=N–C) groups is 2. The summed E-state index contributed by atoms with van der Waals surface area (Å²) in [6.07, 6.45) is 4.19. The van der Waals surface area contributed by atoms with E-state index in [9.17, 15) is 13.2 Å². The Bertz CT molecular complexity index is 1510. The number of ether oxygens (including phenoxy) is 4. The van der Waals surface area contributed by atoms with Crippen molar-refractivity contribution >= 4 is 33.4 Å². The second kappa shape index (κ2) is 14.6. The number of morpholine rings is 2. The Morgan fingerprint density at radius 2 is 1.73 bits per heavy atom. The standard InChI is InChI=1S/C30H39N7O7S/c38-29(23-4-1-7-31-22-23)34-30-33-26-24(28-32-8-10-37(28)30)5-6-25(43-15-2-9-35-11-17-41-18-12-35)27(26)44-16-3-21-45(39,40)36-13-19-42-20-14-36/h1,4-7,22H,2-3,8-21H2,(H,33,34,38). The minimum atomic E-state index is -3.43. The molecule has 0 spiro atoms. The maximum atomic E-state index is 13.1. The average molecular weight is 642 g/mol.